The molecule has 0 spiro atoms. The summed E-state index contributed by atoms with van der Waals surface area (Å²) in [6, 6.07) is 13.1. The van der Waals surface area contributed by atoms with Gasteiger partial charge in [0.25, 0.3) is 0 Å². The topological polar surface area (TPSA) is 16.4 Å². The Morgan fingerprint density at radius 3 is 2.46 bits per heavy atom. The lowest BCUT2D eigenvalue weighted by Gasteiger charge is -2.58. The fourth-order valence-electron chi connectivity index (χ4n) is 5.26. The molecule has 2 bridgehead atoms. The van der Waals surface area contributed by atoms with Gasteiger partial charge in [-0.2, -0.15) is 0 Å². The number of hydrogen-bond donors (Lipinski definition) is 0. The molecule has 0 radical (unpaired) electrons. The van der Waals surface area contributed by atoms with Crippen molar-refractivity contribution in [1.29, 1.82) is 0 Å². The second-order valence-corrected chi connectivity index (χ2v) is 8.39. The lowest BCUT2D eigenvalue weighted by Crippen LogP contribution is -2.61. The standard InChI is InChI=1S/C22H25NO/c1-15-12-17-16-6-4-5-7-19(16)24-20(17)13-18(15)22-10-8-21(2,9-11-22)23(3)14-22/h4-7,12-13H,8-11,14H2,1-3H3. The smallest absolute Gasteiger partial charge is 0.135 e. The number of furan rings is 1. The van der Waals surface area contributed by atoms with Crippen LogP contribution in [-0.2, 0) is 5.41 Å². The first kappa shape index (κ1) is 14.5. The van der Waals surface area contributed by atoms with Gasteiger partial charge < -0.3 is 9.32 Å². The summed E-state index contributed by atoms with van der Waals surface area (Å²) in [4.78, 5) is 2.60. The van der Waals surface area contributed by atoms with E-state index < -0.39 is 0 Å². The zero-order valence-corrected chi connectivity index (χ0v) is 14.9. The van der Waals surface area contributed by atoms with Crippen molar-refractivity contribution in [3.8, 4) is 0 Å². The molecule has 1 aliphatic carbocycles. The summed E-state index contributed by atoms with van der Waals surface area (Å²) in [7, 11) is 2.31. The van der Waals surface area contributed by atoms with E-state index in [1.807, 2.05) is 0 Å². The summed E-state index contributed by atoms with van der Waals surface area (Å²) in [6.07, 6.45) is 5.23. The molecular weight excluding hydrogens is 294 g/mol. The van der Waals surface area contributed by atoms with Gasteiger partial charge in [-0.05, 0) is 75.9 Å². The van der Waals surface area contributed by atoms with E-state index in [1.54, 1.807) is 0 Å². The molecular formula is C22H25NO. The Morgan fingerprint density at radius 1 is 0.958 bits per heavy atom. The minimum Gasteiger partial charge on any atom is -0.456 e. The highest BCUT2D eigenvalue weighted by Crippen LogP contribution is 2.52. The molecule has 0 atom stereocenters. The number of rotatable bonds is 1. The van der Waals surface area contributed by atoms with Crippen LogP contribution in [0.3, 0.4) is 0 Å². The Hall–Kier alpha value is -1.80. The number of benzene rings is 2. The van der Waals surface area contributed by atoms with Gasteiger partial charge in [-0.15, -0.1) is 0 Å². The van der Waals surface area contributed by atoms with Crippen LogP contribution in [-0.4, -0.2) is 24.0 Å². The average molecular weight is 319 g/mol. The van der Waals surface area contributed by atoms with Gasteiger partial charge in [0.1, 0.15) is 11.2 Å². The van der Waals surface area contributed by atoms with Crippen LogP contribution >= 0.6 is 0 Å². The van der Waals surface area contributed by atoms with Crippen molar-refractivity contribution >= 4 is 21.9 Å². The highest BCUT2D eigenvalue weighted by molar-refractivity contribution is 6.05. The number of aryl methyl sites for hydroxylation is 1. The van der Waals surface area contributed by atoms with E-state index in [9.17, 15) is 0 Å². The third-order valence-electron chi connectivity index (χ3n) is 7.04. The normalized spacial score (nSPS) is 30.5. The zero-order chi connectivity index (χ0) is 16.5. The second kappa shape index (κ2) is 4.64. The van der Waals surface area contributed by atoms with E-state index in [2.05, 4.69) is 62.2 Å². The maximum atomic E-state index is 6.17. The van der Waals surface area contributed by atoms with Crippen LogP contribution in [0.5, 0.6) is 0 Å². The molecule has 6 rings (SSSR count). The third-order valence-corrected chi connectivity index (χ3v) is 7.04. The van der Waals surface area contributed by atoms with E-state index in [0.29, 0.717) is 11.0 Å². The molecule has 2 heteroatoms. The lowest BCUT2D eigenvalue weighted by molar-refractivity contribution is -0.0223. The third kappa shape index (κ3) is 1.81. The first-order valence-corrected chi connectivity index (χ1v) is 9.15. The van der Waals surface area contributed by atoms with E-state index in [0.717, 1.165) is 11.2 Å². The molecule has 2 aromatic carbocycles. The summed E-state index contributed by atoms with van der Waals surface area (Å²) in [5.41, 5.74) is 5.71. The predicted molar refractivity (Wildman–Crippen MR) is 99.6 cm³/mol. The maximum Gasteiger partial charge on any atom is 0.135 e. The fourth-order valence-corrected chi connectivity index (χ4v) is 5.26. The first-order valence-electron chi connectivity index (χ1n) is 9.15. The van der Waals surface area contributed by atoms with Crippen molar-refractivity contribution in [3.05, 3.63) is 47.5 Å². The highest BCUT2D eigenvalue weighted by Gasteiger charge is 2.50. The Balaban J connectivity index is 1.70. The molecule has 0 amide bonds. The van der Waals surface area contributed by atoms with E-state index in [1.165, 1.54) is 54.1 Å². The molecule has 3 fully saturated rings. The van der Waals surface area contributed by atoms with E-state index in [4.69, 9.17) is 4.42 Å². The van der Waals surface area contributed by atoms with Crippen LogP contribution in [0.25, 0.3) is 21.9 Å². The van der Waals surface area contributed by atoms with Gasteiger partial charge in [-0.3, -0.25) is 0 Å². The zero-order valence-electron chi connectivity index (χ0n) is 14.9. The van der Waals surface area contributed by atoms with Crippen LogP contribution in [0.4, 0.5) is 0 Å². The molecule has 124 valence electrons. The summed E-state index contributed by atoms with van der Waals surface area (Å²) in [5, 5.41) is 2.49. The van der Waals surface area contributed by atoms with Crippen molar-refractivity contribution in [3.63, 3.8) is 0 Å². The molecule has 2 nitrogen and oxygen atoms in total. The van der Waals surface area contributed by atoms with Crippen LogP contribution in [0.15, 0.2) is 40.8 Å². The quantitative estimate of drug-likeness (QED) is 0.596. The van der Waals surface area contributed by atoms with Crippen LogP contribution in [0.2, 0.25) is 0 Å². The molecule has 2 saturated heterocycles. The number of para-hydroxylation sites is 1. The molecule has 3 aromatic rings. The van der Waals surface area contributed by atoms with Gasteiger partial charge >= 0.3 is 0 Å². The van der Waals surface area contributed by atoms with Gasteiger partial charge in [0.15, 0.2) is 0 Å². The molecule has 1 aromatic heterocycles. The number of hydrogen-bond acceptors (Lipinski definition) is 2. The van der Waals surface area contributed by atoms with Crippen molar-refractivity contribution < 1.29 is 4.42 Å². The molecule has 0 unspecified atom stereocenters. The minimum absolute atomic E-state index is 0.309. The monoisotopic (exact) mass is 319 g/mol. The van der Waals surface area contributed by atoms with Crippen LogP contribution in [0, 0.1) is 6.92 Å². The molecule has 3 aliphatic rings. The van der Waals surface area contributed by atoms with Gasteiger partial charge in [0.05, 0.1) is 0 Å². The number of nitrogens with zero attached hydrogens (tertiary/aromatic N) is 1. The number of piperidine rings is 2. The molecule has 2 aliphatic heterocycles. The molecule has 24 heavy (non-hydrogen) atoms. The van der Waals surface area contributed by atoms with Crippen LogP contribution in [0.1, 0.15) is 43.7 Å². The maximum absolute atomic E-state index is 6.17. The summed E-state index contributed by atoms with van der Waals surface area (Å²) in [6.45, 7) is 5.90. The second-order valence-electron chi connectivity index (χ2n) is 8.39. The van der Waals surface area contributed by atoms with Gasteiger partial charge in [0, 0.05) is 28.3 Å². The Bertz CT molecular complexity index is 943. The molecule has 3 heterocycles. The largest absolute Gasteiger partial charge is 0.456 e. The van der Waals surface area contributed by atoms with E-state index in [-0.39, 0.29) is 0 Å². The fraction of sp³-hybridized carbons (Fsp3) is 0.455. The van der Waals surface area contributed by atoms with Gasteiger partial charge in [-0.25, -0.2) is 0 Å². The Labute approximate surface area is 143 Å². The van der Waals surface area contributed by atoms with Crippen molar-refractivity contribution in [2.45, 2.75) is 50.5 Å². The number of likely N-dealkylation sites (N-methyl/N-ethyl adjacent to an activating group) is 1. The van der Waals surface area contributed by atoms with Gasteiger partial charge in [0.2, 0.25) is 0 Å². The SMILES string of the molecule is Cc1cc2c(cc1C13CCC(C)(CC1)N(C)C3)oc1ccccc12. The Kier molecular flexibility index (Phi) is 2.81. The Morgan fingerprint density at radius 2 is 1.71 bits per heavy atom. The molecule has 0 N–H and O–H groups in total. The summed E-state index contributed by atoms with van der Waals surface area (Å²) >= 11 is 0. The lowest BCUT2D eigenvalue weighted by atomic mass is 9.59. The van der Waals surface area contributed by atoms with E-state index >= 15 is 0 Å². The van der Waals surface area contributed by atoms with Crippen molar-refractivity contribution in [2.24, 2.45) is 0 Å². The van der Waals surface area contributed by atoms with Crippen molar-refractivity contribution in [2.75, 3.05) is 13.6 Å². The summed E-state index contributed by atoms with van der Waals surface area (Å²) in [5.74, 6) is 0. The van der Waals surface area contributed by atoms with Crippen LogP contribution < -0.4 is 0 Å². The highest BCUT2D eigenvalue weighted by atomic mass is 16.3. The average Bonchev–Trinajstić information content (AvgIpc) is 2.94. The summed E-state index contributed by atoms with van der Waals surface area (Å²) < 4.78 is 6.17. The number of fused-ring (bicyclic) bond motifs is 6. The first-order chi connectivity index (χ1) is 11.5. The van der Waals surface area contributed by atoms with Gasteiger partial charge in [-0.1, -0.05) is 18.2 Å². The minimum atomic E-state index is 0.309. The molecule has 1 saturated carbocycles. The van der Waals surface area contributed by atoms with Crippen molar-refractivity contribution in [1.82, 2.24) is 4.90 Å². The predicted octanol–water partition coefficient (Wildman–Crippen LogP) is 5.41.